The average Bonchev–Trinajstić information content (AvgIpc) is 2.39. The summed E-state index contributed by atoms with van der Waals surface area (Å²) < 4.78 is 10.3. The van der Waals surface area contributed by atoms with Gasteiger partial charge < -0.3 is 9.47 Å². The van der Waals surface area contributed by atoms with Gasteiger partial charge in [0.15, 0.2) is 0 Å². The maximum absolute atomic E-state index is 11.6. The number of carbonyl (C=O) groups is 2. The molecule has 0 aliphatic rings. The van der Waals surface area contributed by atoms with Crippen molar-refractivity contribution in [1.29, 1.82) is 0 Å². The Morgan fingerprint density at radius 3 is 2.20 bits per heavy atom. The zero-order valence-corrected chi connectivity index (χ0v) is 13.4. The van der Waals surface area contributed by atoms with Gasteiger partial charge in [-0.1, -0.05) is 40.0 Å². The lowest BCUT2D eigenvalue weighted by molar-refractivity contribution is -0.153. The van der Waals surface area contributed by atoms with Crippen molar-refractivity contribution in [3.05, 3.63) is 0 Å². The van der Waals surface area contributed by atoms with Crippen LogP contribution in [0.15, 0.2) is 0 Å². The molecule has 0 N–H and O–H groups in total. The lowest BCUT2D eigenvalue weighted by atomic mass is 10.1. The number of hydrogen-bond acceptors (Lipinski definition) is 4. The van der Waals surface area contributed by atoms with Crippen LogP contribution < -0.4 is 0 Å². The number of ether oxygens (including phenoxy) is 2. The van der Waals surface area contributed by atoms with E-state index in [2.05, 4.69) is 6.92 Å². The van der Waals surface area contributed by atoms with Gasteiger partial charge in [-0.05, 0) is 25.7 Å². The third-order valence-corrected chi connectivity index (χ3v) is 2.91. The SMILES string of the molecule is CCCCCCC(C)OC(=O)CCC(=O)OCC(C)C. The zero-order chi connectivity index (χ0) is 15.4. The Bertz CT molecular complexity index is 274. The van der Waals surface area contributed by atoms with Gasteiger partial charge in [0.2, 0.25) is 0 Å². The predicted molar refractivity (Wildman–Crippen MR) is 79.3 cm³/mol. The first kappa shape index (κ1) is 18.9. The molecule has 118 valence electrons. The standard InChI is InChI=1S/C16H30O4/c1-5-6-7-8-9-14(4)20-16(18)11-10-15(17)19-12-13(2)3/h13-14H,5-12H2,1-4H3. The molecule has 0 aliphatic carbocycles. The topological polar surface area (TPSA) is 52.6 Å². The number of esters is 2. The van der Waals surface area contributed by atoms with Gasteiger partial charge >= 0.3 is 11.9 Å². The van der Waals surface area contributed by atoms with Crippen molar-refractivity contribution < 1.29 is 19.1 Å². The molecule has 0 fully saturated rings. The monoisotopic (exact) mass is 286 g/mol. The summed E-state index contributed by atoms with van der Waals surface area (Å²) in [6, 6.07) is 0. The largest absolute Gasteiger partial charge is 0.465 e. The molecule has 0 aromatic rings. The molecular weight excluding hydrogens is 256 g/mol. The number of unbranched alkanes of at least 4 members (excludes halogenated alkanes) is 3. The quantitative estimate of drug-likeness (QED) is 0.427. The van der Waals surface area contributed by atoms with Crippen molar-refractivity contribution in [3.8, 4) is 0 Å². The highest BCUT2D eigenvalue weighted by Gasteiger charge is 2.12. The van der Waals surface area contributed by atoms with Gasteiger partial charge in [-0.15, -0.1) is 0 Å². The van der Waals surface area contributed by atoms with Gasteiger partial charge in [0.05, 0.1) is 25.6 Å². The second-order valence-electron chi connectivity index (χ2n) is 5.73. The molecule has 0 radical (unpaired) electrons. The maximum Gasteiger partial charge on any atom is 0.306 e. The summed E-state index contributed by atoms with van der Waals surface area (Å²) in [4.78, 5) is 22.9. The van der Waals surface area contributed by atoms with Crippen LogP contribution in [0.1, 0.15) is 72.6 Å². The summed E-state index contributed by atoms with van der Waals surface area (Å²) in [5.41, 5.74) is 0. The van der Waals surface area contributed by atoms with Crippen LogP contribution in [0.5, 0.6) is 0 Å². The molecule has 0 amide bonds. The fourth-order valence-electron chi connectivity index (χ4n) is 1.74. The van der Waals surface area contributed by atoms with E-state index in [0.717, 1.165) is 12.8 Å². The van der Waals surface area contributed by atoms with Crippen LogP contribution >= 0.6 is 0 Å². The van der Waals surface area contributed by atoms with E-state index in [1.54, 1.807) is 0 Å². The van der Waals surface area contributed by atoms with E-state index in [-0.39, 0.29) is 30.9 Å². The molecule has 0 bridgehead atoms. The average molecular weight is 286 g/mol. The van der Waals surface area contributed by atoms with Crippen molar-refractivity contribution in [2.75, 3.05) is 6.61 Å². The highest BCUT2D eigenvalue weighted by molar-refractivity contribution is 5.77. The van der Waals surface area contributed by atoms with Crippen molar-refractivity contribution in [3.63, 3.8) is 0 Å². The summed E-state index contributed by atoms with van der Waals surface area (Å²) in [5, 5.41) is 0. The number of carbonyl (C=O) groups excluding carboxylic acids is 2. The Morgan fingerprint density at radius 2 is 1.60 bits per heavy atom. The summed E-state index contributed by atoms with van der Waals surface area (Å²) in [7, 11) is 0. The van der Waals surface area contributed by atoms with E-state index in [1.165, 1.54) is 19.3 Å². The Hall–Kier alpha value is -1.06. The molecule has 0 saturated heterocycles. The fourth-order valence-corrected chi connectivity index (χ4v) is 1.74. The Morgan fingerprint density at radius 1 is 0.950 bits per heavy atom. The van der Waals surface area contributed by atoms with Crippen molar-refractivity contribution >= 4 is 11.9 Å². The van der Waals surface area contributed by atoms with Crippen molar-refractivity contribution in [2.45, 2.75) is 78.7 Å². The number of hydrogen-bond donors (Lipinski definition) is 0. The van der Waals surface area contributed by atoms with Gasteiger partial charge in [0, 0.05) is 0 Å². The normalized spacial score (nSPS) is 12.2. The van der Waals surface area contributed by atoms with E-state index < -0.39 is 0 Å². The van der Waals surface area contributed by atoms with Gasteiger partial charge in [0.25, 0.3) is 0 Å². The molecule has 0 spiro atoms. The first-order chi connectivity index (χ1) is 9.45. The minimum absolute atomic E-state index is 0.0639. The highest BCUT2D eigenvalue weighted by atomic mass is 16.5. The Kier molecular flexibility index (Phi) is 11.1. The van der Waals surface area contributed by atoms with Crippen LogP contribution in [0.2, 0.25) is 0 Å². The summed E-state index contributed by atoms with van der Waals surface area (Å²) in [6.07, 6.45) is 5.73. The first-order valence-corrected chi connectivity index (χ1v) is 7.80. The first-order valence-electron chi connectivity index (χ1n) is 7.80. The van der Waals surface area contributed by atoms with Crippen LogP contribution in [0.25, 0.3) is 0 Å². The van der Waals surface area contributed by atoms with E-state index >= 15 is 0 Å². The van der Waals surface area contributed by atoms with Gasteiger partial charge in [-0.2, -0.15) is 0 Å². The summed E-state index contributed by atoms with van der Waals surface area (Å²) in [5.74, 6) is -0.324. The van der Waals surface area contributed by atoms with Crippen LogP contribution in [0.4, 0.5) is 0 Å². The molecule has 1 atom stereocenters. The van der Waals surface area contributed by atoms with E-state index in [0.29, 0.717) is 12.5 Å². The van der Waals surface area contributed by atoms with Crippen LogP contribution in [0, 0.1) is 5.92 Å². The zero-order valence-electron chi connectivity index (χ0n) is 13.4. The van der Waals surface area contributed by atoms with Gasteiger partial charge in [-0.3, -0.25) is 9.59 Å². The fraction of sp³-hybridized carbons (Fsp3) is 0.875. The minimum atomic E-state index is -0.328. The molecule has 0 heterocycles. The smallest absolute Gasteiger partial charge is 0.306 e. The van der Waals surface area contributed by atoms with Crippen molar-refractivity contribution in [2.24, 2.45) is 5.92 Å². The Balaban J connectivity index is 3.63. The third-order valence-electron chi connectivity index (χ3n) is 2.91. The lowest BCUT2D eigenvalue weighted by Gasteiger charge is -2.13. The van der Waals surface area contributed by atoms with Crippen LogP contribution in [-0.4, -0.2) is 24.6 Å². The molecule has 0 aromatic carbocycles. The van der Waals surface area contributed by atoms with Crippen LogP contribution in [0.3, 0.4) is 0 Å². The third kappa shape index (κ3) is 12.0. The minimum Gasteiger partial charge on any atom is -0.465 e. The summed E-state index contributed by atoms with van der Waals surface area (Å²) >= 11 is 0. The Labute approximate surface area is 123 Å². The molecule has 20 heavy (non-hydrogen) atoms. The van der Waals surface area contributed by atoms with Crippen LogP contribution in [-0.2, 0) is 19.1 Å². The molecule has 4 heteroatoms. The van der Waals surface area contributed by atoms with Crippen molar-refractivity contribution in [1.82, 2.24) is 0 Å². The molecule has 0 aliphatic heterocycles. The molecule has 1 unspecified atom stereocenters. The van der Waals surface area contributed by atoms with Gasteiger partial charge in [0.1, 0.15) is 0 Å². The molecule has 0 saturated carbocycles. The van der Waals surface area contributed by atoms with Gasteiger partial charge in [-0.25, -0.2) is 0 Å². The molecular formula is C16H30O4. The maximum atomic E-state index is 11.6. The van der Waals surface area contributed by atoms with E-state index in [1.807, 2.05) is 20.8 Å². The van der Waals surface area contributed by atoms with E-state index in [4.69, 9.17) is 9.47 Å². The molecule has 0 aromatic heterocycles. The predicted octanol–water partition coefficient (Wildman–Crippen LogP) is 3.87. The molecule has 0 rings (SSSR count). The molecule has 4 nitrogen and oxygen atoms in total. The highest BCUT2D eigenvalue weighted by Crippen LogP contribution is 2.09. The number of rotatable bonds is 11. The second-order valence-corrected chi connectivity index (χ2v) is 5.73. The second kappa shape index (κ2) is 11.7. The van der Waals surface area contributed by atoms with E-state index in [9.17, 15) is 9.59 Å². The lowest BCUT2D eigenvalue weighted by Crippen LogP contribution is -2.17. The summed E-state index contributed by atoms with van der Waals surface area (Å²) in [6.45, 7) is 8.42.